The number of rotatable bonds is 8. The van der Waals surface area contributed by atoms with Gasteiger partial charge in [-0.05, 0) is 109 Å². The maximum atomic E-state index is 6.40. The number of furan rings is 1. The molecule has 60 heavy (non-hydrogen) atoms. The van der Waals surface area contributed by atoms with Crippen molar-refractivity contribution in [1.82, 2.24) is 0 Å². The Kier molecular flexibility index (Phi) is 8.87. The number of hydrogen-bond acceptors (Lipinski definition) is 2. The van der Waals surface area contributed by atoms with E-state index in [4.69, 9.17) is 4.42 Å². The topological polar surface area (TPSA) is 16.4 Å². The lowest BCUT2D eigenvalue weighted by Crippen LogP contribution is -2.09. The van der Waals surface area contributed by atoms with Gasteiger partial charge in [-0.1, -0.05) is 188 Å². The first-order chi connectivity index (χ1) is 29.7. The molecule has 0 spiro atoms. The average molecular weight is 766 g/mol. The van der Waals surface area contributed by atoms with Gasteiger partial charge in [0.2, 0.25) is 0 Å². The maximum absolute atomic E-state index is 6.40. The lowest BCUT2D eigenvalue weighted by molar-refractivity contribution is 0.670. The summed E-state index contributed by atoms with van der Waals surface area (Å²) in [5.74, 6) is 0. The zero-order valence-corrected chi connectivity index (χ0v) is 32.9. The summed E-state index contributed by atoms with van der Waals surface area (Å²) in [5.41, 5.74) is 16.9. The average Bonchev–Trinajstić information content (AvgIpc) is 3.72. The first-order valence-electron chi connectivity index (χ1n) is 20.5. The van der Waals surface area contributed by atoms with Gasteiger partial charge in [0.05, 0.1) is 0 Å². The minimum Gasteiger partial charge on any atom is -0.455 e. The predicted octanol–water partition coefficient (Wildman–Crippen LogP) is 16.5. The van der Waals surface area contributed by atoms with Gasteiger partial charge in [0.15, 0.2) is 0 Å². The summed E-state index contributed by atoms with van der Waals surface area (Å²) in [4.78, 5) is 2.33. The van der Waals surface area contributed by atoms with Crippen LogP contribution in [-0.2, 0) is 0 Å². The van der Waals surface area contributed by atoms with Crippen molar-refractivity contribution in [1.29, 1.82) is 0 Å². The summed E-state index contributed by atoms with van der Waals surface area (Å²) in [5, 5.41) is 4.80. The summed E-state index contributed by atoms with van der Waals surface area (Å²) >= 11 is 0. The number of hydrogen-bond donors (Lipinski definition) is 0. The van der Waals surface area contributed by atoms with Gasteiger partial charge >= 0.3 is 0 Å². The minimum atomic E-state index is 0.906. The molecule has 0 fully saturated rings. The van der Waals surface area contributed by atoms with Crippen LogP contribution in [0.25, 0.3) is 88.3 Å². The van der Waals surface area contributed by atoms with E-state index < -0.39 is 0 Å². The van der Waals surface area contributed by atoms with E-state index in [0.29, 0.717) is 0 Å². The fourth-order valence-corrected chi connectivity index (χ4v) is 8.65. The van der Waals surface area contributed by atoms with Gasteiger partial charge in [-0.15, -0.1) is 0 Å². The minimum absolute atomic E-state index is 0.906. The van der Waals surface area contributed by atoms with Crippen LogP contribution in [0.1, 0.15) is 0 Å². The molecule has 1 heterocycles. The molecule has 0 N–H and O–H groups in total. The fourth-order valence-electron chi connectivity index (χ4n) is 8.65. The van der Waals surface area contributed by atoms with E-state index in [1.165, 1.54) is 55.3 Å². The Morgan fingerprint density at radius 2 is 0.700 bits per heavy atom. The Morgan fingerprint density at radius 3 is 1.38 bits per heavy atom. The molecule has 0 amide bonds. The first-order valence-corrected chi connectivity index (χ1v) is 20.5. The van der Waals surface area contributed by atoms with Crippen LogP contribution in [0.5, 0.6) is 0 Å². The van der Waals surface area contributed by atoms with Crippen LogP contribution in [0, 0.1) is 0 Å². The zero-order chi connectivity index (χ0) is 39.8. The summed E-state index contributed by atoms with van der Waals surface area (Å²) in [6.45, 7) is 0. The second-order valence-electron chi connectivity index (χ2n) is 15.3. The summed E-state index contributed by atoms with van der Waals surface area (Å²) in [6.07, 6.45) is 0. The number of para-hydroxylation sites is 2. The Bertz CT molecular complexity index is 3270. The molecule has 0 saturated carbocycles. The van der Waals surface area contributed by atoms with Crippen molar-refractivity contribution in [2.75, 3.05) is 4.90 Å². The van der Waals surface area contributed by atoms with Crippen LogP contribution in [0.2, 0.25) is 0 Å². The number of anilines is 3. The highest BCUT2D eigenvalue weighted by Crippen LogP contribution is 2.40. The van der Waals surface area contributed by atoms with Crippen molar-refractivity contribution in [2.45, 2.75) is 0 Å². The Balaban J connectivity index is 0.908. The highest BCUT2D eigenvalue weighted by Gasteiger charge is 2.16. The molecule has 0 radical (unpaired) electrons. The lowest BCUT2D eigenvalue weighted by atomic mass is 9.94. The second kappa shape index (κ2) is 15.1. The molecule has 0 aliphatic heterocycles. The molecule has 2 heteroatoms. The molecule has 11 aromatic rings. The monoisotopic (exact) mass is 765 g/mol. The summed E-state index contributed by atoms with van der Waals surface area (Å²) < 4.78 is 6.40. The SMILES string of the molecule is c1ccc(-c2ccc(N(c3ccc(-c4ccc(-c5cccc(-c6cccc7ccccc67)c5)cc4)cc3)c3ccc(-c4cccc5c4oc4ccccc45)cc3)cc2)cc1. The molecule has 0 aliphatic carbocycles. The van der Waals surface area contributed by atoms with E-state index >= 15 is 0 Å². The summed E-state index contributed by atoms with van der Waals surface area (Å²) in [7, 11) is 0. The Hall–Kier alpha value is -7.94. The molecule has 0 unspecified atom stereocenters. The third-order valence-corrected chi connectivity index (χ3v) is 11.7. The molecule has 1 aromatic heterocycles. The van der Waals surface area contributed by atoms with E-state index in [1.54, 1.807) is 0 Å². The van der Waals surface area contributed by atoms with Crippen molar-refractivity contribution in [3.63, 3.8) is 0 Å². The van der Waals surface area contributed by atoms with Crippen LogP contribution in [0.3, 0.4) is 0 Å². The quantitative estimate of drug-likeness (QED) is 0.153. The number of fused-ring (bicyclic) bond motifs is 4. The van der Waals surface area contributed by atoms with Crippen LogP contribution in [0.4, 0.5) is 17.1 Å². The molecule has 0 atom stereocenters. The van der Waals surface area contributed by atoms with Crippen molar-refractivity contribution < 1.29 is 4.42 Å². The van der Waals surface area contributed by atoms with Gasteiger partial charge in [0.1, 0.15) is 11.2 Å². The van der Waals surface area contributed by atoms with Gasteiger partial charge in [0.25, 0.3) is 0 Å². The van der Waals surface area contributed by atoms with Gasteiger partial charge in [-0.2, -0.15) is 0 Å². The van der Waals surface area contributed by atoms with Crippen LogP contribution >= 0.6 is 0 Å². The van der Waals surface area contributed by atoms with Crippen LogP contribution in [-0.4, -0.2) is 0 Å². The van der Waals surface area contributed by atoms with Gasteiger partial charge in [-0.3, -0.25) is 0 Å². The van der Waals surface area contributed by atoms with Crippen molar-refractivity contribution >= 4 is 49.8 Å². The third kappa shape index (κ3) is 6.51. The Morgan fingerprint density at radius 1 is 0.267 bits per heavy atom. The fraction of sp³-hybridized carbons (Fsp3) is 0. The number of nitrogens with zero attached hydrogens (tertiary/aromatic N) is 1. The molecule has 282 valence electrons. The van der Waals surface area contributed by atoms with Crippen LogP contribution in [0.15, 0.2) is 241 Å². The molecular weight excluding hydrogens is 727 g/mol. The molecule has 2 nitrogen and oxygen atoms in total. The van der Waals surface area contributed by atoms with Crippen molar-refractivity contribution in [2.24, 2.45) is 0 Å². The largest absolute Gasteiger partial charge is 0.455 e. The smallest absolute Gasteiger partial charge is 0.143 e. The maximum Gasteiger partial charge on any atom is 0.143 e. The first kappa shape index (κ1) is 35.2. The van der Waals surface area contributed by atoms with Gasteiger partial charge in [-0.25, -0.2) is 0 Å². The van der Waals surface area contributed by atoms with Crippen LogP contribution < -0.4 is 4.90 Å². The number of benzene rings is 10. The van der Waals surface area contributed by atoms with Crippen molar-refractivity contribution in [3.05, 3.63) is 237 Å². The highest BCUT2D eigenvalue weighted by atomic mass is 16.3. The normalized spacial score (nSPS) is 11.3. The third-order valence-electron chi connectivity index (χ3n) is 11.7. The zero-order valence-electron chi connectivity index (χ0n) is 32.9. The van der Waals surface area contributed by atoms with E-state index in [-0.39, 0.29) is 0 Å². The Labute approximate surface area is 349 Å². The molecule has 0 saturated heterocycles. The molecule has 0 bridgehead atoms. The predicted molar refractivity (Wildman–Crippen MR) is 253 cm³/mol. The lowest BCUT2D eigenvalue weighted by Gasteiger charge is -2.26. The van der Waals surface area contributed by atoms with Gasteiger partial charge in [0, 0.05) is 33.4 Å². The van der Waals surface area contributed by atoms with E-state index in [9.17, 15) is 0 Å². The van der Waals surface area contributed by atoms with E-state index in [1.807, 2.05) is 12.1 Å². The van der Waals surface area contributed by atoms with E-state index in [2.05, 4.69) is 229 Å². The van der Waals surface area contributed by atoms with Crippen molar-refractivity contribution in [3.8, 4) is 55.6 Å². The molecule has 0 aliphatic rings. The van der Waals surface area contributed by atoms with E-state index in [0.717, 1.165) is 50.1 Å². The summed E-state index contributed by atoms with van der Waals surface area (Å²) in [6, 6.07) is 84.8. The van der Waals surface area contributed by atoms with Gasteiger partial charge < -0.3 is 9.32 Å². The standard InChI is InChI=1S/C58H39NO/c1-2-11-40(12-3-1)42-27-33-49(34-28-42)59(51-37-31-46(32-38-51)54-20-10-21-56-55-18-6-7-22-57(55)60-58(54)56)50-35-29-43(30-36-50)41-23-25-44(26-24-41)47-15-8-16-48(39-47)53-19-9-14-45-13-4-5-17-52(45)53/h1-39H. The molecule has 10 aromatic carbocycles. The second-order valence-corrected chi connectivity index (χ2v) is 15.3. The molecule has 11 rings (SSSR count). The molecular formula is C58H39NO. The highest BCUT2D eigenvalue weighted by molar-refractivity contribution is 6.09.